The molecule has 3 rings (SSSR count). The molecule has 0 aliphatic carbocycles. The summed E-state index contributed by atoms with van der Waals surface area (Å²) < 4.78 is 0.577. The van der Waals surface area contributed by atoms with Gasteiger partial charge in [-0.1, -0.05) is 79.4 Å². The van der Waals surface area contributed by atoms with Crippen LogP contribution in [0.3, 0.4) is 0 Å². The topological polar surface area (TPSA) is 20.3 Å². The highest BCUT2D eigenvalue weighted by atomic mass is 32.2. The number of carbonyl (C=O) groups excluding carboxylic acids is 1. The van der Waals surface area contributed by atoms with Crippen LogP contribution in [0.1, 0.15) is 25.0 Å². The third-order valence-corrected chi connectivity index (χ3v) is 5.25. The fraction of sp³-hybridized carbons (Fsp3) is 0.143. The molecule has 126 valence electrons. The second-order valence-corrected chi connectivity index (χ2v) is 7.51. The summed E-state index contributed by atoms with van der Waals surface area (Å²) in [6.45, 7) is 4.11. The van der Waals surface area contributed by atoms with Crippen LogP contribution >= 0.6 is 24.0 Å². The predicted molar refractivity (Wildman–Crippen MR) is 112 cm³/mol. The molecular formula is C21H19NOS2. The highest BCUT2D eigenvalue weighted by Crippen LogP contribution is 2.35. The Bertz CT molecular complexity index is 851. The maximum atomic E-state index is 12.8. The SMILES string of the molecule is CCc1ccc(N2C(=O)C(=CC(C)=Cc3ccccc3)SC2=S)cc1. The molecule has 0 radical (unpaired) electrons. The van der Waals surface area contributed by atoms with Crippen molar-refractivity contribution in [2.24, 2.45) is 0 Å². The largest absolute Gasteiger partial charge is 0.270 e. The molecule has 0 unspecified atom stereocenters. The molecule has 1 amide bonds. The maximum absolute atomic E-state index is 12.8. The summed E-state index contributed by atoms with van der Waals surface area (Å²) in [6.07, 6.45) is 4.94. The third kappa shape index (κ3) is 4.09. The Morgan fingerprint density at radius 3 is 2.44 bits per heavy atom. The summed E-state index contributed by atoms with van der Waals surface area (Å²) in [6, 6.07) is 18.1. The molecule has 0 atom stereocenters. The molecule has 2 nitrogen and oxygen atoms in total. The average Bonchev–Trinajstić information content (AvgIpc) is 2.89. The van der Waals surface area contributed by atoms with Gasteiger partial charge in [-0.15, -0.1) is 0 Å². The van der Waals surface area contributed by atoms with Crippen LogP contribution in [0.15, 0.2) is 71.2 Å². The van der Waals surface area contributed by atoms with Crippen molar-refractivity contribution < 1.29 is 4.79 Å². The van der Waals surface area contributed by atoms with E-state index in [0.29, 0.717) is 9.23 Å². The molecule has 0 aromatic heterocycles. The molecule has 25 heavy (non-hydrogen) atoms. The molecule has 0 N–H and O–H groups in total. The highest BCUT2D eigenvalue weighted by molar-refractivity contribution is 8.27. The maximum Gasteiger partial charge on any atom is 0.270 e. The van der Waals surface area contributed by atoms with Crippen LogP contribution in [-0.2, 0) is 11.2 Å². The number of thioether (sulfide) groups is 1. The number of allylic oxidation sites excluding steroid dienone is 2. The molecule has 1 fully saturated rings. The normalized spacial score (nSPS) is 16.8. The van der Waals surface area contributed by atoms with Gasteiger partial charge < -0.3 is 0 Å². The number of benzene rings is 2. The van der Waals surface area contributed by atoms with Crippen LogP contribution in [0.5, 0.6) is 0 Å². The van der Waals surface area contributed by atoms with Crippen LogP contribution in [0.25, 0.3) is 6.08 Å². The Labute approximate surface area is 158 Å². The minimum Gasteiger partial charge on any atom is -0.268 e. The number of hydrogen-bond acceptors (Lipinski definition) is 3. The Balaban J connectivity index is 1.84. The fourth-order valence-corrected chi connectivity index (χ4v) is 3.98. The minimum atomic E-state index is -0.0555. The fourth-order valence-electron chi connectivity index (χ4n) is 2.63. The Hall–Kier alpha value is -2.17. The summed E-state index contributed by atoms with van der Waals surface area (Å²) in [5, 5.41) is 0. The minimum absolute atomic E-state index is 0.0555. The lowest BCUT2D eigenvalue weighted by Gasteiger charge is -2.14. The first-order valence-corrected chi connectivity index (χ1v) is 9.41. The van der Waals surface area contributed by atoms with Crippen LogP contribution in [0.4, 0.5) is 5.69 Å². The first kappa shape index (κ1) is 17.6. The molecule has 2 aromatic carbocycles. The number of anilines is 1. The van der Waals surface area contributed by atoms with Crippen LogP contribution in [0, 0.1) is 0 Å². The number of carbonyl (C=O) groups is 1. The molecule has 0 saturated carbocycles. The second-order valence-electron chi connectivity index (χ2n) is 5.84. The molecule has 4 heteroatoms. The van der Waals surface area contributed by atoms with Crippen LogP contribution < -0.4 is 4.90 Å². The van der Waals surface area contributed by atoms with E-state index < -0.39 is 0 Å². The smallest absolute Gasteiger partial charge is 0.268 e. The summed E-state index contributed by atoms with van der Waals surface area (Å²) in [5.41, 5.74) is 4.20. The molecule has 1 aliphatic rings. The lowest BCUT2D eigenvalue weighted by molar-refractivity contribution is -0.113. The van der Waals surface area contributed by atoms with Crippen molar-refractivity contribution in [1.29, 1.82) is 0 Å². The standard InChI is InChI=1S/C21H19NOS2/c1-3-16-9-11-18(12-10-16)22-20(23)19(25-21(22)24)14-15(2)13-17-7-5-4-6-8-17/h4-14H,3H2,1-2H3. The summed E-state index contributed by atoms with van der Waals surface area (Å²) in [7, 11) is 0. The van der Waals surface area contributed by atoms with Crippen LogP contribution in [-0.4, -0.2) is 10.2 Å². The third-order valence-electron chi connectivity index (χ3n) is 3.95. The average molecular weight is 366 g/mol. The van der Waals surface area contributed by atoms with Gasteiger partial charge in [0.1, 0.15) is 0 Å². The molecule has 0 bridgehead atoms. The lowest BCUT2D eigenvalue weighted by Crippen LogP contribution is -2.27. The van der Waals surface area contributed by atoms with Gasteiger partial charge in [-0.05, 0) is 48.3 Å². The molecule has 1 aliphatic heterocycles. The first-order valence-electron chi connectivity index (χ1n) is 8.18. The molecule has 1 heterocycles. The van der Waals surface area contributed by atoms with Gasteiger partial charge in [0.05, 0.1) is 10.6 Å². The van der Waals surface area contributed by atoms with Gasteiger partial charge in [-0.25, -0.2) is 0 Å². The molecule has 2 aromatic rings. The van der Waals surface area contributed by atoms with Gasteiger partial charge in [0.15, 0.2) is 4.32 Å². The van der Waals surface area contributed by atoms with E-state index in [1.807, 2.05) is 67.6 Å². The monoisotopic (exact) mass is 365 g/mol. The number of rotatable bonds is 4. The van der Waals surface area contributed by atoms with E-state index >= 15 is 0 Å². The van der Waals surface area contributed by atoms with E-state index in [9.17, 15) is 4.79 Å². The molecular weight excluding hydrogens is 346 g/mol. The Morgan fingerprint density at radius 2 is 1.80 bits per heavy atom. The van der Waals surface area contributed by atoms with Crippen molar-refractivity contribution in [2.75, 3.05) is 4.90 Å². The van der Waals surface area contributed by atoms with Crippen LogP contribution in [0.2, 0.25) is 0 Å². The number of nitrogens with zero attached hydrogens (tertiary/aromatic N) is 1. The van der Waals surface area contributed by atoms with Crippen molar-refractivity contribution in [2.45, 2.75) is 20.3 Å². The quantitative estimate of drug-likeness (QED) is 0.519. The number of hydrogen-bond donors (Lipinski definition) is 0. The lowest BCUT2D eigenvalue weighted by atomic mass is 10.1. The zero-order chi connectivity index (χ0) is 17.8. The summed E-state index contributed by atoms with van der Waals surface area (Å²) >= 11 is 6.78. The number of thiocarbonyl (C=S) groups is 1. The number of amides is 1. The van der Waals surface area contributed by atoms with E-state index in [2.05, 4.69) is 13.0 Å². The molecule has 0 spiro atoms. The van der Waals surface area contributed by atoms with E-state index in [1.54, 1.807) is 4.90 Å². The van der Waals surface area contributed by atoms with Gasteiger partial charge in [0.25, 0.3) is 5.91 Å². The number of aryl methyl sites for hydroxylation is 1. The van der Waals surface area contributed by atoms with Crippen molar-refractivity contribution in [3.05, 3.63) is 82.3 Å². The van der Waals surface area contributed by atoms with Crippen molar-refractivity contribution in [1.82, 2.24) is 0 Å². The Kier molecular flexibility index (Phi) is 5.51. The van der Waals surface area contributed by atoms with E-state index in [4.69, 9.17) is 12.2 Å². The highest BCUT2D eigenvalue weighted by Gasteiger charge is 2.33. The van der Waals surface area contributed by atoms with E-state index in [0.717, 1.165) is 23.2 Å². The van der Waals surface area contributed by atoms with Crippen molar-refractivity contribution in [3.63, 3.8) is 0 Å². The van der Waals surface area contributed by atoms with Crippen molar-refractivity contribution in [3.8, 4) is 0 Å². The Morgan fingerprint density at radius 1 is 1.12 bits per heavy atom. The summed E-state index contributed by atoms with van der Waals surface area (Å²) in [4.78, 5) is 15.1. The van der Waals surface area contributed by atoms with Gasteiger partial charge in [0, 0.05) is 0 Å². The zero-order valence-electron chi connectivity index (χ0n) is 14.2. The summed E-state index contributed by atoms with van der Waals surface area (Å²) in [5.74, 6) is -0.0555. The van der Waals surface area contributed by atoms with E-state index in [1.165, 1.54) is 17.3 Å². The van der Waals surface area contributed by atoms with Gasteiger partial charge >= 0.3 is 0 Å². The van der Waals surface area contributed by atoms with E-state index in [-0.39, 0.29) is 5.91 Å². The van der Waals surface area contributed by atoms with Gasteiger partial charge in [0.2, 0.25) is 0 Å². The van der Waals surface area contributed by atoms with Gasteiger partial charge in [-0.2, -0.15) is 0 Å². The second kappa shape index (κ2) is 7.81. The van der Waals surface area contributed by atoms with Crippen molar-refractivity contribution >= 4 is 46.0 Å². The predicted octanol–water partition coefficient (Wildman–Crippen LogP) is 5.60. The molecule has 1 saturated heterocycles. The zero-order valence-corrected chi connectivity index (χ0v) is 15.9. The first-order chi connectivity index (χ1) is 12.1. The van der Waals surface area contributed by atoms with Gasteiger partial charge in [-0.3, -0.25) is 9.69 Å².